The van der Waals surface area contributed by atoms with E-state index in [2.05, 4.69) is 5.32 Å². The van der Waals surface area contributed by atoms with Crippen molar-refractivity contribution in [3.05, 3.63) is 53.8 Å². The molecular formula is C18H19FN2O3. The third-order valence-corrected chi connectivity index (χ3v) is 3.46. The molecule has 0 heterocycles. The second-order valence-corrected chi connectivity index (χ2v) is 5.39. The third kappa shape index (κ3) is 4.55. The first kappa shape index (κ1) is 17.5. The molecule has 0 aromatic heterocycles. The fraction of sp³-hybridized carbons (Fsp3) is 0.222. The van der Waals surface area contributed by atoms with Gasteiger partial charge in [-0.3, -0.25) is 9.59 Å². The van der Waals surface area contributed by atoms with Gasteiger partial charge >= 0.3 is 0 Å². The molecule has 0 unspecified atom stereocenters. The minimum Gasteiger partial charge on any atom is -0.484 e. The summed E-state index contributed by atoms with van der Waals surface area (Å²) in [6, 6.07) is 11.1. The van der Waals surface area contributed by atoms with Gasteiger partial charge in [0, 0.05) is 14.0 Å². The van der Waals surface area contributed by atoms with Crippen molar-refractivity contribution in [1.82, 2.24) is 0 Å². The Bertz CT molecular complexity index is 744. The van der Waals surface area contributed by atoms with E-state index in [1.807, 2.05) is 19.1 Å². The third-order valence-electron chi connectivity index (χ3n) is 3.46. The lowest BCUT2D eigenvalue weighted by Gasteiger charge is -2.19. The molecule has 1 N–H and O–H groups in total. The van der Waals surface area contributed by atoms with Crippen LogP contribution in [0, 0.1) is 12.7 Å². The summed E-state index contributed by atoms with van der Waals surface area (Å²) >= 11 is 0. The average molecular weight is 330 g/mol. The molecule has 0 aliphatic carbocycles. The normalized spacial score (nSPS) is 10.2. The summed E-state index contributed by atoms with van der Waals surface area (Å²) in [5.74, 6) is -0.617. The van der Waals surface area contributed by atoms with Crippen molar-refractivity contribution < 1.29 is 18.7 Å². The first-order valence-electron chi connectivity index (χ1n) is 7.40. The maximum Gasteiger partial charge on any atom is 0.262 e. The standard InChI is InChI=1S/C18H19FN2O3/c1-12-4-7-15(8-5-12)24-11-18(23)20-16-10-14(19)6-9-17(16)21(3)13(2)22/h4-10H,11H2,1-3H3,(H,20,23). The molecule has 2 aromatic carbocycles. The van der Waals surface area contributed by atoms with Crippen LogP contribution in [0.2, 0.25) is 0 Å². The molecule has 0 aliphatic rings. The molecule has 5 nitrogen and oxygen atoms in total. The van der Waals surface area contributed by atoms with Crippen molar-refractivity contribution in [1.29, 1.82) is 0 Å². The van der Waals surface area contributed by atoms with Crippen LogP contribution in [-0.4, -0.2) is 25.5 Å². The summed E-state index contributed by atoms with van der Waals surface area (Å²) < 4.78 is 18.9. The van der Waals surface area contributed by atoms with Crippen LogP contribution in [0.3, 0.4) is 0 Å². The Morgan fingerprint density at radius 1 is 1.17 bits per heavy atom. The summed E-state index contributed by atoms with van der Waals surface area (Å²) in [4.78, 5) is 24.9. The van der Waals surface area contributed by atoms with E-state index in [-0.39, 0.29) is 18.2 Å². The maximum absolute atomic E-state index is 13.5. The Hall–Kier alpha value is -2.89. The molecule has 0 saturated carbocycles. The zero-order valence-corrected chi connectivity index (χ0v) is 13.8. The molecule has 0 spiro atoms. The molecule has 24 heavy (non-hydrogen) atoms. The van der Waals surface area contributed by atoms with Crippen molar-refractivity contribution in [2.45, 2.75) is 13.8 Å². The number of carbonyl (C=O) groups excluding carboxylic acids is 2. The Kier molecular flexibility index (Phi) is 5.52. The Labute approximate surface area is 140 Å². The molecule has 2 amide bonds. The van der Waals surface area contributed by atoms with Gasteiger partial charge in [0.1, 0.15) is 11.6 Å². The fourth-order valence-electron chi connectivity index (χ4n) is 2.04. The molecule has 0 radical (unpaired) electrons. The zero-order valence-electron chi connectivity index (χ0n) is 13.8. The topological polar surface area (TPSA) is 58.6 Å². The monoisotopic (exact) mass is 330 g/mol. The summed E-state index contributed by atoms with van der Waals surface area (Å²) in [5.41, 5.74) is 1.71. The highest BCUT2D eigenvalue weighted by Gasteiger charge is 2.14. The summed E-state index contributed by atoms with van der Waals surface area (Å²) in [6.07, 6.45) is 0. The number of anilines is 2. The van der Waals surface area contributed by atoms with Gasteiger partial charge in [-0.2, -0.15) is 0 Å². The highest BCUT2D eigenvalue weighted by Crippen LogP contribution is 2.26. The second kappa shape index (κ2) is 7.59. The number of carbonyl (C=O) groups is 2. The molecule has 6 heteroatoms. The number of benzene rings is 2. The van der Waals surface area contributed by atoms with Crippen molar-refractivity contribution in [2.75, 3.05) is 23.9 Å². The van der Waals surface area contributed by atoms with Gasteiger partial charge in [0.05, 0.1) is 11.4 Å². The summed E-state index contributed by atoms with van der Waals surface area (Å²) in [6.45, 7) is 3.12. The Morgan fingerprint density at radius 2 is 1.83 bits per heavy atom. The number of rotatable bonds is 5. The largest absolute Gasteiger partial charge is 0.484 e. The van der Waals surface area contributed by atoms with Gasteiger partial charge in [-0.15, -0.1) is 0 Å². The number of hydrogen-bond donors (Lipinski definition) is 1. The van der Waals surface area contributed by atoms with Gasteiger partial charge in [-0.25, -0.2) is 4.39 Å². The lowest BCUT2D eigenvalue weighted by Crippen LogP contribution is -2.26. The van der Waals surface area contributed by atoms with E-state index in [9.17, 15) is 14.0 Å². The number of halogens is 1. The number of nitrogens with zero attached hydrogens (tertiary/aromatic N) is 1. The predicted octanol–water partition coefficient (Wildman–Crippen LogP) is 3.13. The number of nitrogens with one attached hydrogen (secondary N) is 1. The quantitative estimate of drug-likeness (QED) is 0.916. The van der Waals surface area contributed by atoms with Gasteiger partial charge in [-0.05, 0) is 37.3 Å². The second-order valence-electron chi connectivity index (χ2n) is 5.39. The van der Waals surface area contributed by atoms with E-state index in [1.54, 1.807) is 19.2 Å². The van der Waals surface area contributed by atoms with E-state index in [4.69, 9.17) is 4.74 Å². The van der Waals surface area contributed by atoms with Crippen LogP contribution in [0.25, 0.3) is 0 Å². The van der Waals surface area contributed by atoms with Crippen molar-refractivity contribution >= 4 is 23.2 Å². The van der Waals surface area contributed by atoms with Crippen LogP contribution >= 0.6 is 0 Å². The van der Waals surface area contributed by atoms with E-state index in [0.717, 1.165) is 5.56 Å². The maximum atomic E-state index is 13.5. The fourth-order valence-corrected chi connectivity index (χ4v) is 2.04. The van der Waals surface area contributed by atoms with Crippen LogP contribution in [0.1, 0.15) is 12.5 Å². The van der Waals surface area contributed by atoms with E-state index in [1.165, 1.54) is 30.0 Å². The van der Waals surface area contributed by atoms with Gasteiger partial charge in [-0.1, -0.05) is 17.7 Å². The zero-order chi connectivity index (χ0) is 17.7. The SMILES string of the molecule is CC(=O)N(C)c1ccc(F)cc1NC(=O)COc1ccc(C)cc1. The molecule has 0 saturated heterocycles. The molecule has 2 rings (SSSR count). The minimum absolute atomic E-state index is 0.213. The van der Waals surface area contributed by atoms with Crippen molar-refractivity contribution in [3.8, 4) is 5.75 Å². The molecule has 0 atom stereocenters. The van der Waals surface area contributed by atoms with Gasteiger partial charge in [0.2, 0.25) is 5.91 Å². The van der Waals surface area contributed by atoms with Crippen LogP contribution in [0.4, 0.5) is 15.8 Å². The van der Waals surface area contributed by atoms with Crippen molar-refractivity contribution in [3.63, 3.8) is 0 Å². The molecule has 2 aromatic rings. The molecule has 0 bridgehead atoms. The minimum atomic E-state index is -0.509. The van der Waals surface area contributed by atoms with Crippen LogP contribution in [-0.2, 0) is 9.59 Å². The van der Waals surface area contributed by atoms with E-state index in [0.29, 0.717) is 11.4 Å². The first-order valence-corrected chi connectivity index (χ1v) is 7.40. The summed E-state index contributed by atoms with van der Waals surface area (Å²) in [7, 11) is 1.55. The highest BCUT2D eigenvalue weighted by atomic mass is 19.1. The van der Waals surface area contributed by atoms with E-state index >= 15 is 0 Å². The van der Waals surface area contributed by atoms with Gasteiger partial charge < -0.3 is 15.0 Å². The molecular weight excluding hydrogens is 311 g/mol. The van der Waals surface area contributed by atoms with Gasteiger partial charge in [0.15, 0.2) is 6.61 Å². The number of ether oxygens (including phenoxy) is 1. The lowest BCUT2D eigenvalue weighted by molar-refractivity contribution is -0.118. The number of aryl methyl sites for hydroxylation is 1. The van der Waals surface area contributed by atoms with Crippen LogP contribution in [0.5, 0.6) is 5.75 Å². The highest BCUT2D eigenvalue weighted by molar-refractivity contribution is 6.00. The Balaban J connectivity index is 2.06. The van der Waals surface area contributed by atoms with Crippen molar-refractivity contribution in [2.24, 2.45) is 0 Å². The predicted molar refractivity (Wildman–Crippen MR) is 90.8 cm³/mol. The van der Waals surface area contributed by atoms with Crippen LogP contribution in [0.15, 0.2) is 42.5 Å². The van der Waals surface area contributed by atoms with Crippen LogP contribution < -0.4 is 15.0 Å². The molecule has 0 fully saturated rings. The average Bonchev–Trinajstić information content (AvgIpc) is 2.54. The summed E-state index contributed by atoms with van der Waals surface area (Å²) in [5, 5.41) is 2.57. The molecule has 0 aliphatic heterocycles. The molecule has 126 valence electrons. The number of amides is 2. The van der Waals surface area contributed by atoms with E-state index < -0.39 is 11.7 Å². The van der Waals surface area contributed by atoms with Gasteiger partial charge in [0.25, 0.3) is 5.91 Å². The lowest BCUT2D eigenvalue weighted by atomic mass is 10.2. The Morgan fingerprint density at radius 3 is 2.46 bits per heavy atom. The smallest absolute Gasteiger partial charge is 0.262 e. The number of hydrogen-bond acceptors (Lipinski definition) is 3. The first-order chi connectivity index (χ1) is 11.4.